The van der Waals surface area contributed by atoms with E-state index in [1.165, 1.54) is 31.4 Å². The number of piperazine rings is 1. The van der Waals surface area contributed by atoms with Gasteiger partial charge in [-0.25, -0.2) is 0 Å². The first-order valence-corrected chi connectivity index (χ1v) is 6.88. The van der Waals surface area contributed by atoms with Crippen LogP contribution in [0.3, 0.4) is 0 Å². The van der Waals surface area contributed by atoms with Crippen molar-refractivity contribution in [3.05, 3.63) is 34.9 Å². The first-order valence-electron chi connectivity index (χ1n) is 6.88. The first-order chi connectivity index (χ1) is 8.33. The fraction of sp³-hybridized carbons (Fsp3) is 0.600. The largest absolute Gasteiger partial charge is 0.314 e. The second-order valence-corrected chi connectivity index (χ2v) is 5.48. The Morgan fingerprint density at radius 1 is 1.29 bits per heavy atom. The number of aryl methyl sites for hydroxylation is 2. The Balaban J connectivity index is 1.72. The van der Waals surface area contributed by atoms with Crippen molar-refractivity contribution in [2.45, 2.75) is 38.8 Å². The van der Waals surface area contributed by atoms with Crippen LogP contribution < -0.4 is 5.32 Å². The molecule has 0 aromatic heterocycles. The SMILES string of the molecule is C[C@@H]1CNCCN1Cc1ccc2c(c1)CCC2. The molecule has 1 fully saturated rings. The highest BCUT2D eigenvalue weighted by molar-refractivity contribution is 5.35. The maximum atomic E-state index is 3.45. The quantitative estimate of drug-likeness (QED) is 0.835. The van der Waals surface area contributed by atoms with Crippen molar-refractivity contribution in [3.8, 4) is 0 Å². The molecule has 0 spiro atoms. The molecule has 2 nitrogen and oxygen atoms in total. The van der Waals surface area contributed by atoms with Crippen molar-refractivity contribution in [2.75, 3.05) is 19.6 Å². The van der Waals surface area contributed by atoms with Crippen molar-refractivity contribution >= 4 is 0 Å². The van der Waals surface area contributed by atoms with Gasteiger partial charge in [-0.1, -0.05) is 18.2 Å². The Labute approximate surface area is 104 Å². The zero-order valence-electron chi connectivity index (χ0n) is 10.7. The molecule has 92 valence electrons. The lowest BCUT2D eigenvalue weighted by Gasteiger charge is -2.34. The molecule has 0 unspecified atom stereocenters. The van der Waals surface area contributed by atoms with Gasteiger partial charge in [0.15, 0.2) is 0 Å². The summed E-state index contributed by atoms with van der Waals surface area (Å²) in [5.41, 5.74) is 4.69. The summed E-state index contributed by atoms with van der Waals surface area (Å²) in [6.45, 7) is 6.88. The van der Waals surface area contributed by atoms with Crippen LogP contribution in [0.25, 0.3) is 0 Å². The molecule has 3 rings (SSSR count). The average Bonchev–Trinajstić information content (AvgIpc) is 2.79. The molecular weight excluding hydrogens is 208 g/mol. The normalized spacial score (nSPS) is 24.9. The number of fused-ring (bicyclic) bond motifs is 1. The van der Waals surface area contributed by atoms with Crippen LogP contribution in [0.2, 0.25) is 0 Å². The highest BCUT2D eigenvalue weighted by Gasteiger charge is 2.18. The van der Waals surface area contributed by atoms with E-state index in [9.17, 15) is 0 Å². The molecule has 0 bridgehead atoms. The van der Waals surface area contributed by atoms with Crippen molar-refractivity contribution in [1.29, 1.82) is 0 Å². The van der Waals surface area contributed by atoms with Crippen molar-refractivity contribution in [1.82, 2.24) is 10.2 Å². The van der Waals surface area contributed by atoms with E-state index in [1.807, 2.05) is 0 Å². The highest BCUT2D eigenvalue weighted by Crippen LogP contribution is 2.23. The van der Waals surface area contributed by atoms with Crippen molar-refractivity contribution < 1.29 is 0 Å². The van der Waals surface area contributed by atoms with E-state index in [1.54, 1.807) is 11.1 Å². The molecule has 1 saturated heterocycles. The standard InChI is InChI=1S/C15H22N2/c1-12-10-16-7-8-17(12)11-13-5-6-14-3-2-4-15(14)9-13/h5-6,9,12,16H,2-4,7-8,10-11H2,1H3/t12-/m1/s1. The predicted molar refractivity (Wildman–Crippen MR) is 71.2 cm³/mol. The summed E-state index contributed by atoms with van der Waals surface area (Å²) in [7, 11) is 0. The minimum Gasteiger partial charge on any atom is -0.314 e. The summed E-state index contributed by atoms with van der Waals surface area (Å²) in [6, 6.07) is 7.79. The number of nitrogens with one attached hydrogen (secondary N) is 1. The number of hydrogen-bond acceptors (Lipinski definition) is 2. The lowest BCUT2D eigenvalue weighted by Crippen LogP contribution is -2.49. The summed E-state index contributed by atoms with van der Waals surface area (Å²) in [5, 5.41) is 3.45. The molecule has 1 aromatic rings. The molecule has 1 heterocycles. The third kappa shape index (κ3) is 2.38. The fourth-order valence-corrected chi connectivity index (χ4v) is 3.08. The minimum atomic E-state index is 0.664. The second-order valence-electron chi connectivity index (χ2n) is 5.48. The van der Waals surface area contributed by atoms with Gasteiger partial charge in [0, 0.05) is 32.2 Å². The number of benzene rings is 1. The van der Waals surface area contributed by atoms with Crippen molar-refractivity contribution in [3.63, 3.8) is 0 Å². The van der Waals surface area contributed by atoms with E-state index in [-0.39, 0.29) is 0 Å². The summed E-state index contributed by atoms with van der Waals surface area (Å²) in [5.74, 6) is 0. The molecule has 17 heavy (non-hydrogen) atoms. The van der Waals surface area contributed by atoms with Gasteiger partial charge in [0.1, 0.15) is 0 Å². The highest BCUT2D eigenvalue weighted by atomic mass is 15.2. The number of hydrogen-bond donors (Lipinski definition) is 1. The van der Waals surface area contributed by atoms with Crippen LogP contribution in [0.4, 0.5) is 0 Å². The Bertz CT molecular complexity index is 400. The molecule has 1 atom stereocenters. The van der Waals surface area contributed by atoms with Crippen LogP contribution in [-0.2, 0) is 19.4 Å². The van der Waals surface area contributed by atoms with Gasteiger partial charge in [-0.2, -0.15) is 0 Å². The van der Waals surface area contributed by atoms with E-state index in [4.69, 9.17) is 0 Å². The molecule has 1 aromatic carbocycles. The minimum absolute atomic E-state index is 0.664. The lowest BCUT2D eigenvalue weighted by molar-refractivity contribution is 0.165. The first kappa shape index (κ1) is 11.2. The van der Waals surface area contributed by atoms with Crippen LogP contribution in [0.1, 0.15) is 30.0 Å². The third-order valence-electron chi connectivity index (χ3n) is 4.19. The summed E-state index contributed by atoms with van der Waals surface area (Å²) in [6.07, 6.45) is 3.93. The second kappa shape index (κ2) is 4.79. The van der Waals surface area contributed by atoms with E-state index in [2.05, 4.69) is 35.3 Å². The number of rotatable bonds is 2. The van der Waals surface area contributed by atoms with Gasteiger partial charge in [-0.15, -0.1) is 0 Å². The molecule has 0 amide bonds. The van der Waals surface area contributed by atoms with Gasteiger partial charge >= 0.3 is 0 Å². The molecule has 1 N–H and O–H groups in total. The monoisotopic (exact) mass is 230 g/mol. The van der Waals surface area contributed by atoms with Crippen LogP contribution in [0.5, 0.6) is 0 Å². The maximum Gasteiger partial charge on any atom is 0.0237 e. The molecule has 0 radical (unpaired) electrons. The van der Waals surface area contributed by atoms with Gasteiger partial charge in [-0.05, 0) is 42.9 Å². The van der Waals surface area contributed by atoms with Crippen LogP contribution in [0, 0.1) is 0 Å². The Morgan fingerprint density at radius 3 is 3.06 bits per heavy atom. The zero-order chi connectivity index (χ0) is 11.7. The van der Waals surface area contributed by atoms with Gasteiger partial charge < -0.3 is 5.32 Å². The van der Waals surface area contributed by atoms with Gasteiger partial charge in [0.05, 0.1) is 0 Å². The maximum absolute atomic E-state index is 3.45. The van der Waals surface area contributed by atoms with E-state index in [0.29, 0.717) is 6.04 Å². The summed E-state index contributed by atoms with van der Waals surface area (Å²) < 4.78 is 0. The van der Waals surface area contributed by atoms with Crippen molar-refractivity contribution in [2.24, 2.45) is 0 Å². The topological polar surface area (TPSA) is 15.3 Å². The molecule has 2 aliphatic rings. The van der Waals surface area contributed by atoms with Gasteiger partial charge in [0.2, 0.25) is 0 Å². The Hall–Kier alpha value is -0.860. The van der Waals surface area contributed by atoms with E-state index >= 15 is 0 Å². The Kier molecular flexibility index (Phi) is 3.17. The molecule has 1 aliphatic carbocycles. The van der Waals surface area contributed by atoms with E-state index in [0.717, 1.165) is 19.6 Å². The summed E-state index contributed by atoms with van der Waals surface area (Å²) in [4.78, 5) is 2.59. The fourth-order valence-electron chi connectivity index (χ4n) is 3.08. The predicted octanol–water partition coefficient (Wildman–Crippen LogP) is 1.97. The van der Waals surface area contributed by atoms with Gasteiger partial charge in [0.25, 0.3) is 0 Å². The zero-order valence-corrected chi connectivity index (χ0v) is 10.7. The van der Waals surface area contributed by atoms with Crippen LogP contribution >= 0.6 is 0 Å². The number of nitrogens with zero attached hydrogens (tertiary/aromatic N) is 1. The molecule has 0 saturated carbocycles. The molecule has 1 aliphatic heterocycles. The molecular formula is C15H22N2. The average molecular weight is 230 g/mol. The van der Waals surface area contributed by atoms with Crippen LogP contribution in [-0.4, -0.2) is 30.6 Å². The van der Waals surface area contributed by atoms with Crippen LogP contribution in [0.15, 0.2) is 18.2 Å². The van der Waals surface area contributed by atoms with E-state index < -0.39 is 0 Å². The van der Waals surface area contributed by atoms with Gasteiger partial charge in [-0.3, -0.25) is 4.90 Å². The summed E-state index contributed by atoms with van der Waals surface area (Å²) >= 11 is 0. The smallest absolute Gasteiger partial charge is 0.0237 e. The lowest BCUT2D eigenvalue weighted by atomic mass is 10.1. The molecule has 2 heteroatoms. The Morgan fingerprint density at radius 2 is 2.18 bits per heavy atom. The third-order valence-corrected chi connectivity index (χ3v) is 4.19.